The minimum absolute atomic E-state index is 0.119. The molecule has 4 nitrogen and oxygen atoms in total. The second kappa shape index (κ2) is 4.67. The van der Waals surface area contributed by atoms with E-state index in [1.165, 1.54) is 24.0 Å². The smallest absolute Gasteiger partial charge is 0.186 e. The Bertz CT molecular complexity index is 595. The van der Waals surface area contributed by atoms with Crippen molar-refractivity contribution in [2.24, 2.45) is 11.3 Å². The fourth-order valence-corrected chi connectivity index (χ4v) is 4.83. The van der Waals surface area contributed by atoms with Gasteiger partial charge in [0, 0.05) is 24.7 Å². The van der Waals surface area contributed by atoms with Crippen molar-refractivity contribution in [2.75, 3.05) is 24.6 Å². The van der Waals surface area contributed by atoms with Gasteiger partial charge in [0.2, 0.25) is 0 Å². The van der Waals surface area contributed by atoms with Gasteiger partial charge in [0.25, 0.3) is 0 Å². The lowest BCUT2D eigenvalue weighted by Crippen LogP contribution is -2.36. The van der Waals surface area contributed by atoms with Gasteiger partial charge in [-0.1, -0.05) is 24.2 Å². The molecule has 2 aromatic rings. The summed E-state index contributed by atoms with van der Waals surface area (Å²) in [7, 11) is 0. The van der Waals surface area contributed by atoms with Crippen molar-refractivity contribution in [3.8, 4) is 0 Å². The van der Waals surface area contributed by atoms with Gasteiger partial charge in [0.05, 0.1) is 17.5 Å². The van der Waals surface area contributed by atoms with Crippen LogP contribution in [0.2, 0.25) is 0 Å². The molecular weight excluding hydrogens is 270 g/mol. The molecular formula is C15H19N3OS. The van der Waals surface area contributed by atoms with Gasteiger partial charge in [-0.3, -0.25) is 4.98 Å². The largest absolute Gasteiger partial charge is 0.396 e. The Balaban J connectivity index is 1.66. The van der Waals surface area contributed by atoms with E-state index in [0.29, 0.717) is 12.5 Å². The summed E-state index contributed by atoms with van der Waals surface area (Å²) in [6.07, 6.45) is 8.64. The lowest BCUT2D eigenvalue weighted by atomic mass is 9.69. The normalized spacial score (nSPS) is 29.9. The molecule has 1 saturated heterocycles. The average Bonchev–Trinajstić information content (AvgIpc) is 3.08. The van der Waals surface area contributed by atoms with Crippen molar-refractivity contribution >= 4 is 26.7 Å². The number of pyridine rings is 1. The molecule has 0 radical (unpaired) electrons. The van der Waals surface area contributed by atoms with E-state index < -0.39 is 0 Å². The zero-order chi connectivity index (χ0) is 13.6. The Kier molecular flexibility index (Phi) is 2.93. The zero-order valence-electron chi connectivity index (χ0n) is 11.5. The standard InChI is InChI=1S/C15H19N3OS/c19-10-15-5-2-1-3-11(15)8-18(9-15)14-17-12-7-16-6-4-13(12)20-14/h4,6-7,11,19H,1-3,5,8-10H2. The molecule has 0 spiro atoms. The van der Waals surface area contributed by atoms with Crippen molar-refractivity contribution in [1.82, 2.24) is 9.97 Å². The third kappa shape index (κ3) is 1.84. The number of aliphatic hydroxyl groups is 1. The second-order valence-corrected chi connectivity index (χ2v) is 7.19. The van der Waals surface area contributed by atoms with Gasteiger partial charge < -0.3 is 10.0 Å². The van der Waals surface area contributed by atoms with Crippen molar-refractivity contribution < 1.29 is 5.11 Å². The first kappa shape index (κ1) is 12.5. The number of aliphatic hydroxyl groups excluding tert-OH is 1. The van der Waals surface area contributed by atoms with Crippen LogP contribution in [0.15, 0.2) is 18.5 Å². The van der Waals surface area contributed by atoms with Gasteiger partial charge in [-0.2, -0.15) is 0 Å². The highest BCUT2D eigenvalue weighted by Gasteiger charge is 2.47. The van der Waals surface area contributed by atoms with E-state index in [1.807, 2.05) is 18.5 Å². The maximum absolute atomic E-state index is 9.90. The van der Waals surface area contributed by atoms with E-state index in [0.717, 1.165) is 30.2 Å². The average molecular weight is 289 g/mol. The molecule has 20 heavy (non-hydrogen) atoms. The van der Waals surface area contributed by atoms with Gasteiger partial charge in [0.1, 0.15) is 5.52 Å². The minimum Gasteiger partial charge on any atom is -0.396 e. The Labute approximate surface area is 122 Å². The summed E-state index contributed by atoms with van der Waals surface area (Å²) < 4.78 is 1.20. The summed E-state index contributed by atoms with van der Waals surface area (Å²) >= 11 is 1.74. The lowest BCUT2D eigenvalue weighted by Gasteiger charge is -2.36. The highest BCUT2D eigenvalue weighted by molar-refractivity contribution is 7.22. The molecule has 1 saturated carbocycles. The molecule has 0 amide bonds. The summed E-state index contributed by atoms with van der Waals surface area (Å²) in [5, 5.41) is 11.0. The molecule has 3 heterocycles. The molecule has 1 aliphatic carbocycles. The van der Waals surface area contributed by atoms with E-state index in [-0.39, 0.29) is 5.41 Å². The van der Waals surface area contributed by atoms with Crippen LogP contribution in [-0.4, -0.2) is 34.8 Å². The summed E-state index contributed by atoms with van der Waals surface area (Å²) in [5.74, 6) is 0.631. The lowest BCUT2D eigenvalue weighted by molar-refractivity contribution is 0.0627. The van der Waals surface area contributed by atoms with Crippen LogP contribution >= 0.6 is 11.3 Å². The van der Waals surface area contributed by atoms with Crippen LogP contribution in [0.3, 0.4) is 0 Å². The molecule has 2 aromatic heterocycles. The highest BCUT2D eigenvalue weighted by atomic mass is 32.1. The topological polar surface area (TPSA) is 49.2 Å². The van der Waals surface area contributed by atoms with Crippen molar-refractivity contribution in [2.45, 2.75) is 25.7 Å². The number of aromatic nitrogens is 2. The molecule has 1 aliphatic heterocycles. The first-order valence-corrected chi connectivity index (χ1v) is 8.19. The van der Waals surface area contributed by atoms with Gasteiger partial charge >= 0.3 is 0 Å². The first-order chi connectivity index (χ1) is 9.81. The molecule has 2 fully saturated rings. The molecule has 5 heteroatoms. The van der Waals surface area contributed by atoms with Crippen LogP contribution in [0.4, 0.5) is 5.13 Å². The van der Waals surface area contributed by atoms with Crippen LogP contribution in [0.5, 0.6) is 0 Å². The predicted molar refractivity (Wildman–Crippen MR) is 81.1 cm³/mol. The monoisotopic (exact) mass is 289 g/mol. The van der Waals surface area contributed by atoms with Crippen LogP contribution in [-0.2, 0) is 0 Å². The molecule has 2 unspecified atom stereocenters. The van der Waals surface area contributed by atoms with Crippen LogP contribution < -0.4 is 4.90 Å². The number of hydrogen-bond acceptors (Lipinski definition) is 5. The molecule has 0 bridgehead atoms. The third-order valence-electron chi connectivity index (χ3n) is 5.05. The van der Waals surface area contributed by atoms with E-state index in [4.69, 9.17) is 4.98 Å². The van der Waals surface area contributed by atoms with Gasteiger partial charge in [-0.05, 0) is 24.8 Å². The third-order valence-corrected chi connectivity index (χ3v) is 6.15. The molecule has 1 N–H and O–H groups in total. The summed E-state index contributed by atoms with van der Waals surface area (Å²) in [6, 6.07) is 2.03. The van der Waals surface area contributed by atoms with Gasteiger partial charge in [-0.25, -0.2) is 4.98 Å². The van der Waals surface area contributed by atoms with Gasteiger partial charge in [-0.15, -0.1) is 0 Å². The number of nitrogens with zero attached hydrogens (tertiary/aromatic N) is 3. The minimum atomic E-state index is 0.119. The summed E-state index contributed by atoms with van der Waals surface area (Å²) in [6.45, 7) is 2.33. The second-order valence-electron chi connectivity index (χ2n) is 6.18. The van der Waals surface area contributed by atoms with Crippen LogP contribution in [0, 0.1) is 11.3 Å². The summed E-state index contributed by atoms with van der Waals surface area (Å²) in [4.78, 5) is 11.2. The number of rotatable bonds is 2. The SMILES string of the molecule is OCC12CCCCC1CN(c1nc3cnccc3s1)C2. The van der Waals surface area contributed by atoms with Crippen LogP contribution in [0.25, 0.3) is 10.2 Å². The fraction of sp³-hybridized carbons (Fsp3) is 0.600. The molecule has 0 aromatic carbocycles. The molecule has 2 atom stereocenters. The molecule has 106 valence electrons. The maximum atomic E-state index is 9.90. The maximum Gasteiger partial charge on any atom is 0.186 e. The van der Waals surface area contributed by atoms with E-state index in [9.17, 15) is 5.11 Å². The van der Waals surface area contributed by atoms with E-state index in [1.54, 1.807) is 11.3 Å². The molecule has 2 aliphatic rings. The quantitative estimate of drug-likeness (QED) is 0.923. The van der Waals surface area contributed by atoms with Crippen molar-refractivity contribution in [3.05, 3.63) is 18.5 Å². The first-order valence-electron chi connectivity index (χ1n) is 7.37. The number of anilines is 1. The van der Waals surface area contributed by atoms with E-state index in [2.05, 4.69) is 9.88 Å². The Morgan fingerprint density at radius 1 is 1.45 bits per heavy atom. The Morgan fingerprint density at radius 2 is 2.40 bits per heavy atom. The molecule has 4 rings (SSSR count). The Hall–Kier alpha value is -1.20. The zero-order valence-corrected chi connectivity index (χ0v) is 12.3. The van der Waals surface area contributed by atoms with Crippen LogP contribution in [0.1, 0.15) is 25.7 Å². The fourth-order valence-electron chi connectivity index (χ4n) is 3.89. The number of thiazole rings is 1. The summed E-state index contributed by atoms with van der Waals surface area (Å²) in [5.41, 5.74) is 1.11. The van der Waals surface area contributed by atoms with Crippen molar-refractivity contribution in [3.63, 3.8) is 0 Å². The van der Waals surface area contributed by atoms with E-state index >= 15 is 0 Å². The number of hydrogen-bond donors (Lipinski definition) is 1. The Morgan fingerprint density at radius 3 is 3.20 bits per heavy atom. The van der Waals surface area contributed by atoms with Crippen molar-refractivity contribution in [1.29, 1.82) is 0 Å². The number of fused-ring (bicyclic) bond motifs is 2. The van der Waals surface area contributed by atoms with Gasteiger partial charge in [0.15, 0.2) is 5.13 Å². The highest BCUT2D eigenvalue weighted by Crippen LogP contribution is 2.48. The predicted octanol–water partition coefficient (Wildman–Crippen LogP) is 2.68.